The molecule has 58 valence electrons. The molecule has 1 heterocycles. The van der Waals surface area contributed by atoms with Gasteiger partial charge in [0.1, 0.15) is 0 Å². The molecule has 0 aliphatic carbocycles. The minimum absolute atomic E-state index is 0.232. The quantitative estimate of drug-likeness (QED) is 0.553. The average Bonchev–Trinajstić information content (AvgIpc) is 2.09. The molecule has 0 saturated heterocycles. The fourth-order valence-electron chi connectivity index (χ4n) is 1.18. The van der Waals surface area contributed by atoms with Gasteiger partial charge >= 0.3 is 0 Å². The van der Waals surface area contributed by atoms with E-state index in [0.717, 1.165) is 5.88 Å². The average molecular weight is 177 g/mol. The Morgan fingerprint density at radius 3 is 2.60 bits per heavy atom. The number of rotatable bonds is 1. The van der Waals surface area contributed by atoms with Gasteiger partial charge in [-0.2, -0.15) is 0 Å². The zero-order chi connectivity index (χ0) is 7.78. The van der Waals surface area contributed by atoms with Gasteiger partial charge in [-0.05, 0) is 11.8 Å². The third-order valence-corrected chi connectivity index (χ3v) is 4.07. The summed E-state index contributed by atoms with van der Waals surface area (Å²) in [6.07, 6.45) is 2.29. The van der Waals surface area contributed by atoms with Gasteiger partial charge in [0.2, 0.25) is 0 Å². The van der Waals surface area contributed by atoms with E-state index in [1.165, 1.54) is 4.91 Å². The van der Waals surface area contributed by atoms with E-state index in [4.69, 9.17) is 11.6 Å². The Morgan fingerprint density at radius 2 is 2.40 bits per heavy atom. The van der Waals surface area contributed by atoms with E-state index in [2.05, 4.69) is 26.8 Å². The summed E-state index contributed by atoms with van der Waals surface area (Å²) in [5, 5.41) is 0.644. The number of thioether (sulfide) groups is 1. The highest BCUT2D eigenvalue weighted by Gasteiger charge is 2.33. The molecule has 1 aliphatic rings. The molecular weight excluding hydrogens is 164 g/mol. The molecule has 2 unspecified atom stereocenters. The lowest BCUT2D eigenvalue weighted by atomic mass is 9.89. The predicted octanol–water partition coefficient (Wildman–Crippen LogP) is 3.27. The molecule has 0 aromatic carbocycles. The van der Waals surface area contributed by atoms with Crippen LogP contribution in [0.15, 0.2) is 11.0 Å². The van der Waals surface area contributed by atoms with Gasteiger partial charge in [-0.25, -0.2) is 0 Å². The van der Waals surface area contributed by atoms with Gasteiger partial charge in [0, 0.05) is 16.5 Å². The summed E-state index contributed by atoms with van der Waals surface area (Å²) in [6.45, 7) is 6.60. The first-order chi connectivity index (χ1) is 4.58. The van der Waals surface area contributed by atoms with Crippen molar-refractivity contribution in [2.75, 3.05) is 5.88 Å². The number of halogens is 1. The lowest BCUT2D eigenvalue weighted by Gasteiger charge is -2.23. The van der Waals surface area contributed by atoms with Gasteiger partial charge in [0.05, 0.1) is 0 Å². The topological polar surface area (TPSA) is 0 Å². The molecule has 0 amide bonds. The molecule has 0 N–H and O–H groups in total. The second-order valence-electron chi connectivity index (χ2n) is 3.15. The zero-order valence-electron chi connectivity index (χ0n) is 6.65. The predicted molar refractivity (Wildman–Crippen MR) is 49.6 cm³/mol. The summed E-state index contributed by atoms with van der Waals surface area (Å²) in [5.74, 6) is 0.735. The van der Waals surface area contributed by atoms with Crippen LogP contribution in [-0.2, 0) is 0 Å². The first-order valence-electron chi connectivity index (χ1n) is 3.50. The standard InChI is InChI=1S/C8H13ClS/c1-6-4-8(3,5-9)7(2)10-6/h4,7H,5H2,1-3H3. The van der Waals surface area contributed by atoms with Crippen molar-refractivity contribution in [3.05, 3.63) is 11.0 Å². The molecule has 0 bridgehead atoms. The molecule has 0 aromatic rings. The van der Waals surface area contributed by atoms with Crippen LogP contribution in [0.1, 0.15) is 20.8 Å². The Bertz CT molecular complexity index is 165. The van der Waals surface area contributed by atoms with E-state index >= 15 is 0 Å². The van der Waals surface area contributed by atoms with Crippen molar-refractivity contribution in [2.45, 2.75) is 26.0 Å². The minimum atomic E-state index is 0.232. The molecule has 0 saturated carbocycles. The van der Waals surface area contributed by atoms with Crippen LogP contribution < -0.4 is 0 Å². The molecule has 0 spiro atoms. The number of allylic oxidation sites excluding steroid dienone is 2. The van der Waals surface area contributed by atoms with Crippen LogP contribution in [0.2, 0.25) is 0 Å². The van der Waals surface area contributed by atoms with Crippen LogP contribution in [0, 0.1) is 5.41 Å². The maximum absolute atomic E-state index is 5.85. The Hall–Kier alpha value is 0.380. The highest BCUT2D eigenvalue weighted by molar-refractivity contribution is 8.03. The summed E-state index contributed by atoms with van der Waals surface area (Å²) in [7, 11) is 0. The molecule has 10 heavy (non-hydrogen) atoms. The van der Waals surface area contributed by atoms with Crippen LogP contribution in [0.4, 0.5) is 0 Å². The van der Waals surface area contributed by atoms with E-state index in [1.807, 2.05) is 11.8 Å². The number of hydrogen-bond donors (Lipinski definition) is 0. The maximum Gasteiger partial charge on any atom is 0.0323 e. The third kappa shape index (κ3) is 1.35. The monoisotopic (exact) mass is 176 g/mol. The van der Waals surface area contributed by atoms with Gasteiger partial charge in [0.25, 0.3) is 0 Å². The Kier molecular flexibility index (Phi) is 2.36. The van der Waals surface area contributed by atoms with Crippen LogP contribution in [0.5, 0.6) is 0 Å². The van der Waals surface area contributed by atoms with Gasteiger partial charge in [-0.15, -0.1) is 23.4 Å². The lowest BCUT2D eigenvalue weighted by molar-refractivity contribution is 0.491. The van der Waals surface area contributed by atoms with Crippen molar-refractivity contribution in [3.8, 4) is 0 Å². The third-order valence-electron chi connectivity index (χ3n) is 2.11. The van der Waals surface area contributed by atoms with Gasteiger partial charge in [0.15, 0.2) is 0 Å². The van der Waals surface area contributed by atoms with Crippen molar-refractivity contribution >= 4 is 23.4 Å². The van der Waals surface area contributed by atoms with Crippen LogP contribution >= 0.6 is 23.4 Å². The molecular formula is C8H13ClS. The number of hydrogen-bond acceptors (Lipinski definition) is 1. The normalized spacial score (nSPS) is 40.0. The van der Waals surface area contributed by atoms with Crippen LogP contribution in [0.3, 0.4) is 0 Å². The molecule has 2 heteroatoms. The first-order valence-corrected chi connectivity index (χ1v) is 4.92. The summed E-state index contributed by atoms with van der Waals surface area (Å²) < 4.78 is 0. The maximum atomic E-state index is 5.85. The summed E-state index contributed by atoms with van der Waals surface area (Å²) >= 11 is 7.78. The molecule has 0 nitrogen and oxygen atoms in total. The van der Waals surface area contributed by atoms with Crippen molar-refractivity contribution < 1.29 is 0 Å². The summed E-state index contributed by atoms with van der Waals surface area (Å²) in [6, 6.07) is 0. The highest BCUT2D eigenvalue weighted by atomic mass is 35.5. The second-order valence-corrected chi connectivity index (χ2v) is 5.01. The van der Waals surface area contributed by atoms with Crippen LogP contribution in [-0.4, -0.2) is 11.1 Å². The Morgan fingerprint density at radius 1 is 1.80 bits per heavy atom. The SMILES string of the molecule is CC1=CC(C)(CCl)C(C)S1. The van der Waals surface area contributed by atoms with Gasteiger partial charge < -0.3 is 0 Å². The van der Waals surface area contributed by atoms with Gasteiger partial charge in [-0.3, -0.25) is 0 Å². The number of alkyl halides is 1. The molecule has 0 fully saturated rings. The Balaban J connectivity index is 2.77. The van der Waals surface area contributed by atoms with E-state index in [9.17, 15) is 0 Å². The van der Waals surface area contributed by atoms with E-state index in [0.29, 0.717) is 5.25 Å². The molecule has 0 aromatic heterocycles. The zero-order valence-corrected chi connectivity index (χ0v) is 8.22. The minimum Gasteiger partial charge on any atom is -0.127 e. The second kappa shape index (κ2) is 2.78. The van der Waals surface area contributed by atoms with Crippen molar-refractivity contribution in [1.82, 2.24) is 0 Å². The fourth-order valence-corrected chi connectivity index (χ4v) is 2.89. The fraction of sp³-hybridized carbons (Fsp3) is 0.750. The molecule has 1 rings (SSSR count). The van der Waals surface area contributed by atoms with E-state index < -0.39 is 0 Å². The summed E-state index contributed by atoms with van der Waals surface area (Å²) in [4.78, 5) is 1.41. The van der Waals surface area contributed by atoms with Crippen molar-refractivity contribution in [2.24, 2.45) is 5.41 Å². The van der Waals surface area contributed by atoms with Crippen LogP contribution in [0.25, 0.3) is 0 Å². The molecule has 2 atom stereocenters. The van der Waals surface area contributed by atoms with E-state index in [1.54, 1.807) is 0 Å². The van der Waals surface area contributed by atoms with Gasteiger partial charge in [-0.1, -0.05) is 19.9 Å². The molecule has 1 aliphatic heterocycles. The summed E-state index contributed by atoms with van der Waals surface area (Å²) in [5.41, 5.74) is 0.232. The van der Waals surface area contributed by atoms with Crippen molar-refractivity contribution in [3.63, 3.8) is 0 Å². The van der Waals surface area contributed by atoms with E-state index in [-0.39, 0.29) is 5.41 Å². The lowest BCUT2D eigenvalue weighted by Crippen LogP contribution is -2.23. The Labute approximate surface area is 72.0 Å². The highest BCUT2D eigenvalue weighted by Crippen LogP contribution is 2.44. The first kappa shape index (κ1) is 8.48. The smallest absolute Gasteiger partial charge is 0.0323 e. The largest absolute Gasteiger partial charge is 0.127 e. The molecule has 0 radical (unpaired) electrons. The van der Waals surface area contributed by atoms with Crippen molar-refractivity contribution in [1.29, 1.82) is 0 Å².